The van der Waals surface area contributed by atoms with Gasteiger partial charge in [-0.25, -0.2) is 13.4 Å². The highest BCUT2D eigenvalue weighted by Crippen LogP contribution is 2.22. The number of amidine groups is 1. The Hall–Kier alpha value is -4.04. The maximum absolute atomic E-state index is 12.6. The van der Waals surface area contributed by atoms with E-state index in [1.807, 2.05) is 6.07 Å². The molecule has 0 spiro atoms. The van der Waals surface area contributed by atoms with Gasteiger partial charge in [0.2, 0.25) is 0 Å². The third-order valence-corrected chi connectivity index (χ3v) is 6.18. The molecule has 0 atom stereocenters. The lowest BCUT2D eigenvalue weighted by Gasteiger charge is -2.11. The largest absolute Gasteiger partial charge is 0.457 e. The number of nitrogens with zero attached hydrogens (tertiary/aromatic N) is 4. The number of carbonyl (C=O) groups is 1. The number of carbonyl (C=O) groups excluding carboxylic acids is 1. The summed E-state index contributed by atoms with van der Waals surface area (Å²) in [6.07, 6.45) is -0.108. The first kappa shape index (κ1) is 21.2. The van der Waals surface area contributed by atoms with Crippen molar-refractivity contribution in [1.29, 1.82) is 5.26 Å². The highest BCUT2D eigenvalue weighted by molar-refractivity contribution is 7.90. The quantitative estimate of drug-likeness (QED) is 0.553. The summed E-state index contributed by atoms with van der Waals surface area (Å²) in [6.45, 7) is -0.509. The first-order valence-electron chi connectivity index (χ1n) is 9.58. The molecule has 1 N–H and O–H groups in total. The number of hydrogen-bond acceptors (Lipinski definition) is 8. The number of esters is 1. The van der Waals surface area contributed by atoms with Gasteiger partial charge in [-0.15, -0.1) is 0 Å². The number of nitrogens with one attached hydrogen (secondary N) is 1. The van der Waals surface area contributed by atoms with Crippen molar-refractivity contribution < 1.29 is 17.9 Å². The van der Waals surface area contributed by atoms with Gasteiger partial charge in [0.25, 0.3) is 15.6 Å². The summed E-state index contributed by atoms with van der Waals surface area (Å²) in [4.78, 5) is 33.4. The van der Waals surface area contributed by atoms with Gasteiger partial charge in [-0.1, -0.05) is 24.3 Å². The fraction of sp³-hybridized carbons (Fsp3) is 0.190. The number of sulfonamides is 1. The molecule has 1 aromatic heterocycles. The summed E-state index contributed by atoms with van der Waals surface area (Å²) in [5.74, 6) is -0.269. The van der Waals surface area contributed by atoms with Crippen LogP contribution in [0.15, 0.2) is 63.2 Å². The van der Waals surface area contributed by atoms with Gasteiger partial charge in [-0.3, -0.25) is 23.9 Å². The van der Waals surface area contributed by atoms with Crippen molar-refractivity contribution in [3.63, 3.8) is 0 Å². The Bertz CT molecular complexity index is 1450. The molecule has 11 heteroatoms. The molecule has 3 aromatic rings. The van der Waals surface area contributed by atoms with Crippen LogP contribution in [0.5, 0.6) is 0 Å². The van der Waals surface area contributed by atoms with Gasteiger partial charge in [-0.2, -0.15) is 5.26 Å². The fourth-order valence-corrected chi connectivity index (χ4v) is 4.54. The van der Waals surface area contributed by atoms with E-state index in [0.29, 0.717) is 16.5 Å². The van der Waals surface area contributed by atoms with Crippen LogP contribution in [0.25, 0.3) is 10.9 Å². The van der Waals surface area contributed by atoms with Crippen molar-refractivity contribution in [3.8, 4) is 6.07 Å². The monoisotopic (exact) mass is 451 g/mol. The molecule has 1 aliphatic heterocycles. The van der Waals surface area contributed by atoms with Crippen LogP contribution in [0, 0.1) is 11.3 Å². The predicted octanol–water partition coefficient (Wildman–Crippen LogP) is 1.09. The maximum Gasteiger partial charge on any atom is 0.308 e. The zero-order chi connectivity index (χ0) is 22.7. The normalized spacial score (nSPS) is 15.2. The lowest BCUT2D eigenvalue weighted by molar-refractivity contribution is -0.145. The van der Waals surface area contributed by atoms with Crippen molar-refractivity contribution in [2.75, 3.05) is 6.54 Å². The molecule has 162 valence electrons. The number of hydrogen-bond donors (Lipinski definition) is 1. The summed E-state index contributed by atoms with van der Waals surface area (Å²) in [5, 5.41) is 9.40. The molecule has 0 bridgehead atoms. The van der Waals surface area contributed by atoms with Gasteiger partial charge in [0.05, 0.1) is 34.8 Å². The molecule has 0 unspecified atom stereocenters. The summed E-state index contributed by atoms with van der Waals surface area (Å²) in [5.41, 5.74) is 0.500. The average molecular weight is 451 g/mol. The highest BCUT2D eigenvalue weighted by atomic mass is 32.2. The SMILES string of the molecule is N#CCn1c(COC(=O)CCN=C2NS(=O)(=O)c3ccccc32)nc2ccccc2c1=O. The Balaban J connectivity index is 1.44. The smallest absolute Gasteiger partial charge is 0.308 e. The second kappa shape index (κ2) is 8.60. The molecule has 0 amide bonds. The number of ether oxygens (including phenoxy) is 1. The Morgan fingerprint density at radius 2 is 1.94 bits per heavy atom. The number of nitriles is 1. The van der Waals surface area contributed by atoms with Crippen LogP contribution in [0.4, 0.5) is 0 Å². The molecule has 1 aliphatic rings. The lowest BCUT2D eigenvalue weighted by Crippen LogP contribution is -2.26. The molecule has 0 aliphatic carbocycles. The van der Waals surface area contributed by atoms with Gasteiger partial charge < -0.3 is 4.74 Å². The van der Waals surface area contributed by atoms with Crippen molar-refractivity contribution in [2.24, 2.45) is 4.99 Å². The zero-order valence-electron chi connectivity index (χ0n) is 16.7. The molecule has 10 nitrogen and oxygen atoms in total. The minimum absolute atomic E-state index is 0.00116. The van der Waals surface area contributed by atoms with E-state index in [0.717, 1.165) is 0 Å². The number of aliphatic imine (C=N–C) groups is 1. The fourth-order valence-electron chi connectivity index (χ4n) is 3.29. The number of benzene rings is 2. The minimum Gasteiger partial charge on any atom is -0.457 e. The van der Waals surface area contributed by atoms with Crippen LogP contribution >= 0.6 is 0 Å². The van der Waals surface area contributed by atoms with Crippen LogP contribution in [0.1, 0.15) is 17.8 Å². The van der Waals surface area contributed by atoms with Crippen molar-refractivity contribution >= 4 is 32.7 Å². The van der Waals surface area contributed by atoms with E-state index in [2.05, 4.69) is 14.7 Å². The summed E-state index contributed by atoms with van der Waals surface area (Å²) >= 11 is 0. The van der Waals surface area contributed by atoms with Crippen LogP contribution in [-0.4, -0.2) is 36.3 Å². The number of aromatic nitrogens is 2. The summed E-state index contributed by atoms with van der Waals surface area (Å²) < 4.78 is 32.9. The number of para-hydroxylation sites is 1. The number of rotatable bonds is 6. The van der Waals surface area contributed by atoms with E-state index in [1.54, 1.807) is 42.5 Å². The van der Waals surface area contributed by atoms with Gasteiger partial charge in [-0.05, 0) is 24.3 Å². The summed E-state index contributed by atoms with van der Waals surface area (Å²) in [7, 11) is -3.65. The van der Waals surface area contributed by atoms with Crippen LogP contribution in [0.2, 0.25) is 0 Å². The van der Waals surface area contributed by atoms with E-state index in [9.17, 15) is 18.0 Å². The second-order valence-electron chi connectivity index (χ2n) is 6.84. The van der Waals surface area contributed by atoms with E-state index in [-0.39, 0.29) is 48.2 Å². The summed E-state index contributed by atoms with van der Waals surface area (Å²) in [6, 6.07) is 15.0. The van der Waals surface area contributed by atoms with E-state index in [1.165, 1.54) is 10.6 Å². The minimum atomic E-state index is -3.65. The molecule has 0 saturated heterocycles. The molecule has 2 aromatic carbocycles. The zero-order valence-corrected chi connectivity index (χ0v) is 17.5. The van der Waals surface area contributed by atoms with Gasteiger partial charge >= 0.3 is 5.97 Å². The van der Waals surface area contributed by atoms with Gasteiger partial charge in [0.1, 0.15) is 19.0 Å². The van der Waals surface area contributed by atoms with E-state index in [4.69, 9.17) is 10.00 Å². The van der Waals surface area contributed by atoms with E-state index < -0.39 is 16.0 Å². The van der Waals surface area contributed by atoms with Crippen LogP contribution in [0.3, 0.4) is 0 Å². The van der Waals surface area contributed by atoms with Crippen molar-refractivity contribution in [2.45, 2.75) is 24.5 Å². The Kier molecular flexibility index (Phi) is 5.70. The van der Waals surface area contributed by atoms with Crippen molar-refractivity contribution in [3.05, 3.63) is 70.3 Å². The van der Waals surface area contributed by atoms with E-state index >= 15 is 0 Å². The van der Waals surface area contributed by atoms with Gasteiger partial charge in [0.15, 0.2) is 5.82 Å². The molecular weight excluding hydrogens is 434 g/mol. The Morgan fingerprint density at radius 3 is 2.75 bits per heavy atom. The molecule has 0 saturated carbocycles. The molecule has 4 rings (SSSR count). The van der Waals surface area contributed by atoms with Crippen LogP contribution in [-0.2, 0) is 32.7 Å². The molecular formula is C21H17N5O5S. The second-order valence-corrected chi connectivity index (χ2v) is 8.49. The van der Waals surface area contributed by atoms with Gasteiger partial charge in [0, 0.05) is 5.56 Å². The molecule has 0 fully saturated rings. The third-order valence-electron chi connectivity index (χ3n) is 4.78. The highest BCUT2D eigenvalue weighted by Gasteiger charge is 2.30. The standard InChI is InChI=1S/C21H17N5O5S/c22-10-12-26-18(24-16-7-3-1-5-14(16)21(26)28)13-31-19(27)9-11-23-20-15-6-2-4-8-17(15)32(29,30)25-20/h1-8H,9,11-13H2,(H,23,25). The first-order chi connectivity index (χ1) is 15.4. The lowest BCUT2D eigenvalue weighted by atomic mass is 10.2. The Morgan fingerprint density at radius 1 is 1.19 bits per heavy atom. The third kappa shape index (κ3) is 4.08. The number of fused-ring (bicyclic) bond motifs is 2. The van der Waals surface area contributed by atoms with Crippen molar-refractivity contribution in [1.82, 2.24) is 14.3 Å². The maximum atomic E-state index is 12.6. The Labute approximate surface area is 182 Å². The molecule has 32 heavy (non-hydrogen) atoms. The average Bonchev–Trinajstić information content (AvgIpc) is 3.05. The topological polar surface area (TPSA) is 144 Å². The van der Waals surface area contributed by atoms with Crippen LogP contribution < -0.4 is 10.3 Å². The molecule has 0 radical (unpaired) electrons. The molecule has 2 heterocycles. The first-order valence-corrected chi connectivity index (χ1v) is 11.1. The predicted molar refractivity (Wildman–Crippen MR) is 114 cm³/mol.